The second-order valence-electron chi connectivity index (χ2n) is 5.24. The normalized spacial score (nSPS) is 10.8. The van der Waals surface area contributed by atoms with Crippen LogP contribution in [-0.4, -0.2) is 10.2 Å². The van der Waals surface area contributed by atoms with Crippen LogP contribution >= 0.6 is 0 Å². The number of hydrogen-bond donors (Lipinski definition) is 1. The van der Waals surface area contributed by atoms with Crippen LogP contribution in [-0.2, 0) is 6.54 Å². The van der Waals surface area contributed by atoms with Crippen molar-refractivity contribution in [2.24, 2.45) is 0 Å². The van der Waals surface area contributed by atoms with Gasteiger partial charge in [0.25, 0.3) is 0 Å². The number of aromatic nitrogens is 2. The van der Waals surface area contributed by atoms with Crippen LogP contribution in [0, 0.1) is 0 Å². The molecule has 0 atom stereocenters. The Morgan fingerprint density at radius 3 is 2.35 bits per heavy atom. The maximum absolute atomic E-state index is 5.35. The number of nitrogens with one attached hydrogen (secondary N) is 1. The molecule has 2 aromatic carbocycles. The first-order valence-electron chi connectivity index (χ1n) is 7.49. The van der Waals surface area contributed by atoms with Gasteiger partial charge in [0.15, 0.2) is 5.82 Å². The Bertz CT molecular complexity index is 918. The molecule has 0 aliphatic rings. The predicted octanol–water partition coefficient (Wildman–Crippen LogP) is 4.50. The van der Waals surface area contributed by atoms with Crippen LogP contribution in [0.2, 0.25) is 0 Å². The third kappa shape index (κ3) is 2.66. The Labute approximate surface area is 133 Å². The molecule has 0 fully saturated rings. The first-order valence-corrected chi connectivity index (χ1v) is 7.49. The second-order valence-corrected chi connectivity index (χ2v) is 5.24. The van der Waals surface area contributed by atoms with E-state index in [4.69, 9.17) is 4.42 Å². The van der Waals surface area contributed by atoms with Crippen LogP contribution < -0.4 is 5.32 Å². The molecular formula is C19H15N3O. The third-order valence-electron chi connectivity index (χ3n) is 3.74. The van der Waals surface area contributed by atoms with E-state index in [1.165, 1.54) is 0 Å². The van der Waals surface area contributed by atoms with Gasteiger partial charge in [0.05, 0.1) is 12.8 Å². The lowest BCUT2D eigenvalue weighted by atomic mass is 10.0. The first kappa shape index (κ1) is 13.5. The van der Waals surface area contributed by atoms with E-state index < -0.39 is 0 Å². The minimum Gasteiger partial charge on any atom is -0.467 e. The number of fused-ring (bicyclic) bond motifs is 1. The monoisotopic (exact) mass is 301 g/mol. The lowest BCUT2D eigenvalue weighted by Crippen LogP contribution is -2.03. The number of anilines is 1. The molecule has 1 N–H and O–H groups in total. The van der Waals surface area contributed by atoms with E-state index in [1.54, 1.807) is 6.26 Å². The second kappa shape index (κ2) is 5.93. The fourth-order valence-electron chi connectivity index (χ4n) is 2.63. The zero-order chi connectivity index (χ0) is 15.5. The molecule has 0 saturated heterocycles. The molecular weight excluding hydrogens is 286 g/mol. The van der Waals surface area contributed by atoms with Gasteiger partial charge in [0.2, 0.25) is 0 Å². The Balaban J connectivity index is 1.76. The lowest BCUT2D eigenvalue weighted by Gasteiger charge is -2.10. The van der Waals surface area contributed by atoms with E-state index in [1.807, 2.05) is 54.6 Å². The molecule has 0 radical (unpaired) electrons. The van der Waals surface area contributed by atoms with Crippen molar-refractivity contribution in [1.82, 2.24) is 10.2 Å². The zero-order valence-corrected chi connectivity index (χ0v) is 12.4. The predicted molar refractivity (Wildman–Crippen MR) is 91.0 cm³/mol. The largest absolute Gasteiger partial charge is 0.467 e. The molecule has 2 aromatic heterocycles. The van der Waals surface area contributed by atoms with Crippen molar-refractivity contribution >= 4 is 16.6 Å². The van der Waals surface area contributed by atoms with Gasteiger partial charge >= 0.3 is 0 Å². The van der Waals surface area contributed by atoms with Crippen LogP contribution in [0.25, 0.3) is 22.0 Å². The van der Waals surface area contributed by atoms with E-state index in [9.17, 15) is 0 Å². The van der Waals surface area contributed by atoms with Gasteiger partial charge in [-0.3, -0.25) is 0 Å². The summed E-state index contributed by atoms with van der Waals surface area (Å²) in [6, 6.07) is 22.1. The van der Waals surface area contributed by atoms with Gasteiger partial charge < -0.3 is 9.73 Å². The van der Waals surface area contributed by atoms with E-state index in [0.29, 0.717) is 6.54 Å². The van der Waals surface area contributed by atoms with Gasteiger partial charge in [-0.05, 0) is 12.1 Å². The first-order chi connectivity index (χ1) is 11.4. The van der Waals surface area contributed by atoms with E-state index in [-0.39, 0.29) is 0 Å². The number of benzene rings is 2. The molecule has 0 saturated carbocycles. The highest BCUT2D eigenvalue weighted by atomic mass is 16.3. The molecule has 4 nitrogen and oxygen atoms in total. The van der Waals surface area contributed by atoms with Crippen LogP contribution in [0.1, 0.15) is 5.76 Å². The van der Waals surface area contributed by atoms with Crippen molar-refractivity contribution in [2.75, 3.05) is 5.32 Å². The van der Waals surface area contributed by atoms with Crippen LogP contribution in [0.4, 0.5) is 5.82 Å². The van der Waals surface area contributed by atoms with Crippen LogP contribution in [0.15, 0.2) is 77.4 Å². The molecule has 0 spiro atoms. The highest BCUT2D eigenvalue weighted by Gasteiger charge is 2.10. The molecule has 0 unspecified atom stereocenters. The number of rotatable bonds is 4. The SMILES string of the molecule is c1ccc(-c2nnc(NCc3ccco3)c3ccccc23)cc1. The highest BCUT2D eigenvalue weighted by molar-refractivity contribution is 5.99. The van der Waals surface area contributed by atoms with E-state index in [2.05, 4.69) is 27.6 Å². The molecule has 4 aromatic rings. The summed E-state index contributed by atoms with van der Waals surface area (Å²) in [5, 5.41) is 14.2. The van der Waals surface area contributed by atoms with E-state index in [0.717, 1.165) is 33.6 Å². The van der Waals surface area contributed by atoms with Gasteiger partial charge in [0, 0.05) is 16.3 Å². The van der Waals surface area contributed by atoms with Crippen molar-refractivity contribution in [3.63, 3.8) is 0 Å². The quantitative estimate of drug-likeness (QED) is 0.603. The summed E-state index contributed by atoms with van der Waals surface area (Å²) in [4.78, 5) is 0. The van der Waals surface area contributed by atoms with Crippen LogP contribution in [0.3, 0.4) is 0 Å². The van der Waals surface area contributed by atoms with Crippen molar-refractivity contribution in [2.45, 2.75) is 6.54 Å². The Hall–Kier alpha value is -3.14. The maximum Gasteiger partial charge on any atom is 0.156 e. The third-order valence-corrected chi connectivity index (χ3v) is 3.74. The van der Waals surface area contributed by atoms with Gasteiger partial charge in [-0.25, -0.2) is 0 Å². The number of furan rings is 1. The van der Waals surface area contributed by atoms with Crippen molar-refractivity contribution in [3.8, 4) is 11.3 Å². The molecule has 0 aliphatic carbocycles. The summed E-state index contributed by atoms with van der Waals surface area (Å²) < 4.78 is 5.35. The number of hydrogen-bond acceptors (Lipinski definition) is 4. The summed E-state index contributed by atoms with van der Waals surface area (Å²) in [5.74, 6) is 1.62. The summed E-state index contributed by atoms with van der Waals surface area (Å²) in [6.07, 6.45) is 1.67. The fraction of sp³-hybridized carbons (Fsp3) is 0.0526. The van der Waals surface area contributed by atoms with Gasteiger partial charge in [-0.2, -0.15) is 0 Å². The topological polar surface area (TPSA) is 51.0 Å². The average molecular weight is 301 g/mol. The molecule has 0 aliphatic heterocycles. The molecule has 2 heterocycles. The van der Waals surface area contributed by atoms with Crippen molar-refractivity contribution in [3.05, 3.63) is 78.8 Å². The molecule has 23 heavy (non-hydrogen) atoms. The van der Waals surface area contributed by atoms with Crippen molar-refractivity contribution < 1.29 is 4.42 Å². The molecule has 4 rings (SSSR count). The summed E-state index contributed by atoms with van der Waals surface area (Å²) in [6.45, 7) is 0.580. The Morgan fingerprint density at radius 1 is 0.783 bits per heavy atom. The minimum absolute atomic E-state index is 0.580. The van der Waals surface area contributed by atoms with Crippen molar-refractivity contribution in [1.29, 1.82) is 0 Å². The Kier molecular flexibility index (Phi) is 3.48. The zero-order valence-electron chi connectivity index (χ0n) is 12.4. The van der Waals surface area contributed by atoms with Gasteiger partial charge in [-0.15, -0.1) is 10.2 Å². The molecule has 4 heteroatoms. The summed E-state index contributed by atoms with van der Waals surface area (Å²) in [5.41, 5.74) is 1.96. The molecule has 0 bridgehead atoms. The summed E-state index contributed by atoms with van der Waals surface area (Å²) in [7, 11) is 0. The molecule has 0 amide bonds. The fourth-order valence-corrected chi connectivity index (χ4v) is 2.63. The van der Waals surface area contributed by atoms with Gasteiger partial charge in [0.1, 0.15) is 11.5 Å². The average Bonchev–Trinajstić information content (AvgIpc) is 3.14. The Morgan fingerprint density at radius 2 is 1.57 bits per heavy atom. The van der Waals surface area contributed by atoms with Crippen LogP contribution in [0.5, 0.6) is 0 Å². The number of nitrogens with zero attached hydrogens (tertiary/aromatic N) is 2. The smallest absolute Gasteiger partial charge is 0.156 e. The highest BCUT2D eigenvalue weighted by Crippen LogP contribution is 2.29. The standard InChI is InChI=1S/C19H15N3O/c1-2-7-14(8-3-1)18-16-10-4-5-11-17(16)19(22-21-18)20-13-15-9-6-12-23-15/h1-12H,13H2,(H,20,22). The minimum atomic E-state index is 0.580. The summed E-state index contributed by atoms with van der Waals surface area (Å²) >= 11 is 0. The van der Waals surface area contributed by atoms with Gasteiger partial charge in [-0.1, -0.05) is 54.6 Å². The van der Waals surface area contributed by atoms with E-state index >= 15 is 0 Å². The maximum atomic E-state index is 5.35. The molecule has 112 valence electrons. The lowest BCUT2D eigenvalue weighted by molar-refractivity contribution is 0.518.